The largest absolute Gasteiger partial charge is 4.00 e. The zero-order valence-corrected chi connectivity index (χ0v) is 15.5. The molecule has 0 radical (unpaired) electrons. The SMILES string of the molecule is O=C([O-])[O-].O=C([O-])[O-].O=C([O-])[O-].O=C([O-])[O-].[Ba+2].[C+4].[Ca+2]. The van der Waals surface area contributed by atoms with Crippen LogP contribution >= 0.6 is 0 Å². The van der Waals surface area contributed by atoms with Crippen LogP contribution in [0.5, 0.6) is 0 Å². The van der Waals surface area contributed by atoms with E-state index in [1.807, 2.05) is 0 Å². The molecule has 0 saturated carbocycles. The Balaban J connectivity index is -0.0000000192. The molecule has 0 aromatic carbocycles. The van der Waals surface area contributed by atoms with Crippen LogP contribution in [0.1, 0.15) is 0 Å². The van der Waals surface area contributed by atoms with Crippen molar-refractivity contribution in [1.82, 2.24) is 0 Å². The van der Waals surface area contributed by atoms with Crippen LogP contribution in [-0.4, -0.2) is 111 Å². The van der Waals surface area contributed by atoms with E-state index >= 15 is 0 Å². The van der Waals surface area contributed by atoms with E-state index in [-0.39, 0.29) is 94.0 Å². The van der Waals surface area contributed by atoms with Gasteiger partial charge < -0.3 is 60.0 Å². The van der Waals surface area contributed by atoms with Gasteiger partial charge in [-0.15, -0.1) is 0 Å². The topological polar surface area (TPSA) is 253 Å². The van der Waals surface area contributed by atoms with Gasteiger partial charge in [-0.25, -0.2) is 0 Å². The molecule has 0 spiro atoms. The second-order valence-corrected chi connectivity index (χ2v) is 1.00. The Morgan fingerprint density at radius 1 is 0.474 bits per heavy atom. The van der Waals surface area contributed by atoms with Gasteiger partial charge in [-0.1, -0.05) is 0 Å². The van der Waals surface area contributed by atoms with Gasteiger partial charge in [0.2, 0.25) is 0 Å². The second kappa shape index (κ2) is 36.1. The van der Waals surface area contributed by atoms with Crippen molar-refractivity contribution in [3.05, 3.63) is 7.43 Å². The van der Waals surface area contributed by atoms with E-state index in [2.05, 4.69) is 0 Å². The fourth-order valence-electron chi connectivity index (χ4n) is 0. The van der Waals surface area contributed by atoms with Crippen molar-refractivity contribution < 1.29 is 60.0 Å². The molecule has 0 aliphatic heterocycles. The van der Waals surface area contributed by atoms with Crippen molar-refractivity contribution in [2.24, 2.45) is 0 Å². The van der Waals surface area contributed by atoms with Crippen molar-refractivity contribution >= 4 is 111 Å². The molecule has 0 bridgehead atoms. The van der Waals surface area contributed by atoms with Gasteiger partial charge in [0.25, 0.3) is 0 Å². The second-order valence-electron chi connectivity index (χ2n) is 1.00. The van der Waals surface area contributed by atoms with Crippen LogP contribution in [0.3, 0.4) is 0 Å². The quantitative estimate of drug-likeness (QED) is 0.325. The molecule has 0 amide bonds. The molecule has 0 unspecified atom stereocenters. The van der Waals surface area contributed by atoms with Gasteiger partial charge in [0.05, 0.1) is 0 Å². The number of carbonyl (C=O) groups excluding carboxylic acids is 4. The molecule has 0 aromatic rings. The number of rotatable bonds is 0. The van der Waals surface area contributed by atoms with E-state index in [9.17, 15) is 0 Å². The first-order valence-electron chi connectivity index (χ1n) is 2.45. The molecule has 96 valence electrons. The molecular formula is C5BaCaO12. The summed E-state index contributed by atoms with van der Waals surface area (Å²) in [5.74, 6) is 0. The van der Waals surface area contributed by atoms with E-state index in [0.717, 1.165) is 0 Å². The molecular weight excluding hydrogens is 429 g/mol. The molecule has 0 fully saturated rings. The summed E-state index contributed by atoms with van der Waals surface area (Å²) in [7, 11) is 0. The monoisotopic (exact) mass is 430 g/mol. The maximum atomic E-state index is 8.33. The Labute approximate surface area is 176 Å². The fraction of sp³-hybridized carbons (Fsp3) is 0. The maximum absolute atomic E-state index is 8.33. The van der Waals surface area contributed by atoms with Crippen molar-refractivity contribution in [2.45, 2.75) is 0 Å². The van der Waals surface area contributed by atoms with Gasteiger partial charge in [0.15, 0.2) is 0 Å². The fourth-order valence-corrected chi connectivity index (χ4v) is 0. The Bertz CT molecular complexity index is 166. The number of carboxylic acid groups (broad SMARTS) is 8. The summed E-state index contributed by atoms with van der Waals surface area (Å²) in [6.45, 7) is 0. The zero-order chi connectivity index (χ0) is 14.3. The van der Waals surface area contributed by atoms with Gasteiger partial charge in [0.1, 0.15) is 0 Å². The van der Waals surface area contributed by atoms with Crippen LogP contribution in [0.2, 0.25) is 0 Å². The van der Waals surface area contributed by atoms with E-state index in [1.54, 1.807) is 0 Å². The third kappa shape index (κ3) is 575000. The summed E-state index contributed by atoms with van der Waals surface area (Å²) < 4.78 is 0. The summed E-state index contributed by atoms with van der Waals surface area (Å²) in [5.41, 5.74) is 0. The average molecular weight is 429 g/mol. The maximum Gasteiger partial charge on any atom is 4.00 e. The average Bonchev–Trinajstić information content (AvgIpc) is 1.76. The Morgan fingerprint density at radius 2 is 0.474 bits per heavy atom. The van der Waals surface area contributed by atoms with Gasteiger partial charge in [0, 0.05) is 0 Å². The predicted octanol–water partition coefficient (Wildman–Crippen LogP) is -10.5. The molecule has 0 aliphatic carbocycles. The van der Waals surface area contributed by atoms with Crippen LogP contribution in [0.15, 0.2) is 0 Å². The first kappa shape index (κ1) is 42.8. The Kier molecular flexibility index (Phi) is 81.3. The standard InChI is InChI=1S/4CH2O3.C.Ba.Ca/c4*2-1(3)4;;;/h4*(H2,2,3,4);;;/q;;;;+4;2*+2/p-8. The van der Waals surface area contributed by atoms with Crippen LogP contribution in [0.4, 0.5) is 19.2 Å². The molecule has 19 heavy (non-hydrogen) atoms. The molecule has 14 heteroatoms. The molecule has 0 saturated heterocycles. The van der Waals surface area contributed by atoms with Gasteiger partial charge in [-0.3, -0.25) is 0 Å². The van der Waals surface area contributed by atoms with Gasteiger partial charge in [-0.05, 0) is 24.6 Å². The molecule has 0 aliphatic rings. The molecule has 0 N–H and O–H groups in total. The van der Waals surface area contributed by atoms with Gasteiger partial charge >= 0.3 is 94.0 Å². The third-order valence-corrected chi connectivity index (χ3v) is 0. The van der Waals surface area contributed by atoms with Crippen molar-refractivity contribution in [1.29, 1.82) is 0 Å². The summed E-state index contributed by atoms with van der Waals surface area (Å²) in [6.07, 6.45) is -9.33. The van der Waals surface area contributed by atoms with Gasteiger partial charge in [-0.2, -0.15) is 0 Å². The minimum Gasteiger partial charge on any atom is -0.652 e. The Morgan fingerprint density at radius 3 is 0.474 bits per heavy atom. The zero-order valence-electron chi connectivity index (χ0n) is 8.81. The van der Waals surface area contributed by atoms with Crippen molar-refractivity contribution in [3.63, 3.8) is 0 Å². The Hall–Kier alpha value is -0.0888. The third-order valence-electron chi connectivity index (χ3n) is 0. The molecule has 0 heterocycles. The predicted molar refractivity (Wildman–Crippen MR) is 36.3 cm³/mol. The number of hydrogen-bond acceptors (Lipinski definition) is 12. The van der Waals surface area contributed by atoms with Crippen molar-refractivity contribution in [2.75, 3.05) is 0 Å². The summed E-state index contributed by atoms with van der Waals surface area (Å²) in [4.78, 5) is 33.3. The first-order valence-corrected chi connectivity index (χ1v) is 2.45. The minimum absolute atomic E-state index is 0. The number of carbonyl (C=O) groups is 4. The molecule has 0 rings (SSSR count). The molecule has 0 atom stereocenters. The van der Waals surface area contributed by atoms with Crippen LogP contribution in [0, 0.1) is 7.43 Å². The smallest absolute Gasteiger partial charge is 0.652 e. The summed E-state index contributed by atoms with van der Waals surface area (Å²) >= 11 is 0. The van der Waals surface area contributed by atoms with Crippen LogP contribution in [0.25, 0.3) is 0 Å². The van der Waals surface area contributed by atoms with Crippen LogP contribution in [-0.2, 0) is 0 Å². The minimum atomic E-state index is -2.33. The van der Waals surface area contributed by atoms with Crippen LogP contribution < -0.4 is 40.9 Å². The van der Waals surface area contributed by atoms with Crippen molar-refractivity contribution in [3.8, 4) is 0 Å². The summed E-state index contributed by atoms with van der Waals surface area (Å²) in [6, 6.07) is 0. The first-order chi connectivity index (χ1) is 6.93. The summed E-state index contributed by atoms with van der Waals surface area (Å²) in [5, 5.41) is 66.7. The van der Waals surface area contributed by atoms with E-state index in [0.29, 0.717) is 0 Å². The van der Waals surface area contributed by atoms with E-state index in [1.165, 1.54) is 0 Å². The normalized spacial score (nSPS) is 5.05. The van der Waals surface area contributed by atoms with E-state index in [4.69, 9.17) is 60.0 Å². The molecule has 12 nitrogen and oxygen atoms in total. The molecule has 0 aromatic heterocycles. The number of hydrogen-bond donors (Lipinski definition) is 0. The van der Waals surface area contributed by atoms with E-state index < -0.39 is 24.6 Å².